The molecule has 1 rings (SSSR count). The molecule has 1 aromatic rings. The van der Waals surface area contributed by atoms with E-state index < -0.39 is 35.6 Å². The first kappa shape index (κ1) is 20.7. The van der Waals surface area contributed by atoms with E-state index in [0.717, 1.165) is 5.56 Å². The molecule has 1 aromatic carbocycles. The molecule has 0 fully saturated rings. The van der Waals surface area contributed by atoms with Crippen molar-refractivity contribution in [3.05, 3.63) is 42.0 Å². The van der Waals surface area contributed by atoms with E-state index in [1.807, 2.05) is 6.07 Å². The lowest BCUT2D eigenvalue weighted by molar-refractivity contribution is -0.177. The molecule has 25 heavy (non-hydrogen) atoms. The SMILES string of the molecule is C[C@@H](/C=C/c1ccccc1)[C@H](NC(=O)C(F)(F)F)C(=O)OC(C)(C)C. The number of benzene rings is 1. The topological polar surface area (TPSA) is 55.4 Å². The van der Waals surface area contributed by atoms with E-state index in [4.69, 9.17) is 4.74 Å². The highest BCUT2D eigenvalue weighted by Gasteiger charge is 2.42. The summed E-state index contributed by atoms with van der Waals surface area (Å²) >= 11 is 0. The minimum atomic E-state index is -5.08. The van der Waals surface area contributed by atoms with Gasteiger partial charge in [-0.2, -0.15) is 13.2 Å². The molecule has 0 unspecified atom stereocenters. The van der Waals surface area contributed by atoms with Gasteiger partial charge in [0, 0.05) is 5.92 Å². The fraction of sp³-hybridized carbons (Fsp3) is 0.444. The molecule has 0 aliphatic carbocycles. The Bertz CT molecular complexity index is 619. The summed E-state index contributed by atoms with van der Waals surface area (Å²) in [7, 11) is 0. The number of carbonyl (C=O) groups is 2. The average Bonchev–Trinajstić information content (AvgIpc) is 2.48. The van der Waals surface area contributed by atoms with Crippen molar-refractivity contribution in [2.75, 3.05) is 0 Å². The smallest absolute Gasteiger partial charge is 0.458 e. The van der Waals surface area contributed by atoms with Crippen LogP contribution in [0.25, 0.3) is 6.08 Å². The fourth-order valence-corrected chi connectivity index (χ4v) is 1.93. The number of halogens is 3. The zero-order valence-corrected chi connectivity index (χ0v) is 14.6. The fourth-order valence-electron chi connectivity index (χ4n) is 1.93. The van der Waals surface area contributed by atoms with Gasteiger partial charge in [0.25, 0.3) is 0 Å². The molecular formula is C18H22F3NO3. The molecular weight excluding hydrogens is 335 g/mol. The Morgan fingerprint density at radius 1 is 1.12 bits per heavy atom. The summed E-state index contributed by atoms with van der Waals surface area (Å²) in [4.78, 5) is 23.5. The monoisotopic (exact) mass is 357 g/mol. The van der Waals surface area contributed by atoms with Crippen LogP contribution in [0.1, 0.15) is 33.3 Å². The van der Waals surface area contributed by atoms with Crippen LogP contribution in [0.2, 0.25) is 0 Å². The quantitative estimate of drug-likeness (QED) is 0.817. The van der Waals surface area contributed by atoms with Gasteiger partial charge >= 0.3 is 18.1 Å². The molecule has 0 saturated heterocycles. The number of ether oxygens (including phenoxy) is 1. The van der Waals surface area contributed by atoms with Crippen molar-refractivity contribution in [3.63, 3.8) is 0 Å². The number of carbonyl (C=O) groups excluding carboxylic acids is 2. The van der Waals surface area contributed by atoms with E-state index in [1.54, 1.807) is 62.5 Å². The van der Waals surface area contributed by atoms with Gasteiger partial charge in [-0.25, -0.2) is 4.79 Å². The second kappa shape index (κ2) is 8.18. The molecule has 2 atom stereocenters. The maximum absolute atomic E-state index is 12.5. The Hall–Kier alpha value is -2.31. The van der Waals surface area contributed by atoms with Crippen LogP contribution in [0.15, 0.2) is 36.4 Å². The Labute approximate surface area is 145 Å². The van der Waals surface area contributed by atoms with Crippen LogP contribution < -0.4 is 5.32 Å². The van der Waals surface area contributed by atoms with Crippen molar-refractivity contribution in [3.8, 4) is 0 Å². The Kier molecular flexibility index (Phi) is 6.78. The molecule has 0 saturated carbocycles. The van der Waals surface area contributed by atoms with Crippen LogP contribution in [0.3, 0.4) is 0 Å². The Balaban J connectivity index is 2.97. The maximum atomic E-state index is 12.5. The normalized spacial score (nSPS) is 14.8. The third kappa shape index (κ3) is 7.41. The number of amides is 1. The Morgan fingerprint density at radius 2 is 1.68 bits per heavy atom. The number of esters is 1. The number of nitrogens with one attached hydrogen (secondary N) is 1. The average molecular weight is 357 g/mol. The zero-order chi connectivity index (χ0) is 19.3. The molecule has 0 radical (unpaired) electrons. The second-order valence-electron chi connectivity index (χ2n) is 6.61. The van der Waals surface area contributed by atoms with Crippen LogP contribution >= 0.6 is 0 Å². The number of rotatable bonds is 5. The van der Waals surface area contributed by atoms with Crippen LogP contribution in [0, 0.1) is 5.92 Å². The highest BCUT2D eigenvalue weighted by molar-refractivity contribution is 5.88. The van der Waals surface area contributed by atoms with Gasteiger partial charge in [-0.1, -0.05) is 49.4 Å². The summed E-state index contributed by atoms with van der Waals surface area (Å²) < 4.78 is 42.8. The van der Waals surface area contributed by atoms with E-state index in [9.17, 15) is 22.8 Å². The first-order valence-corrected chi connectivity index (χ1v) is 7.74. The summed E-state index contributed by atoms with van der Waals surface area (Å²) in [6.45, 7) is 6.32. The highest BCUT2D eigenvalue weighted by Crippen LogP contribution is 2.19. The van der Waals surface area contributed by atoms with Crippen molar-refractivity contribution in [1.29, 1.82) is 0 Å². The van der Waals surface area contributed by atoms with Gasteiger partial charge in [-0.05, 0) is 26.3 Å². The molecule has 7 heteroatoms. The standard InChI is InChI=1S/C18H22F3NO3/c1-12(10-11-13-8-6-5-7-9-13)14(15(23)25-17(2,3)4)22-16(24)18(19,20)21/h5-12,14H,1-4H3,(H,22,24)/b11-10+/t12-,14-/m0/s1. The number of hydrogen-bond donors (Lipinski definition) is 1. The van der Waals surface area contributed by atoms with Crippen LogP contribution in [-0.2, 0) is 14.3 Å². The van der Waals surface area contributed by atoms with Gasteiger partial charge < -0.3 is 10.1 Å². The molecule has 0 spiro atoms. The van der Waals surface area contributed by atoms with Gasteiger partial charge in [-0.3, -0.25) is 4.79 Å². The third-order valence-electron chi connectivity index (χ3n) is 3.12. The lowest BCUT2D eigenvalue weighted by atomic mass is 9.99. The lowest BCUT2D eigenvalue weighted by Crippen LogP contribution is -2.51. The predicted molar refractivity (Wildman–Crippen MR) is 88.5 cm³/mol. The lowest BCUT2D eigenvalue weighted by Gasteiger charge is -2.27. The summed E-state index contributed by atoms with van der Waals surface area (Å²) in [6, 6.07) is 7.60. The molecule has 0 aliphatic heterocycles. The summed E-state index contributed by atoms with van der Waals surface area (Å²) in [5, 5.41) is 1.73. The summed E-state index contributed by atoms with van der Waals surface area (Å²) in [5.41, 5.74) is -0.0688. The predicted octanol–water partition coefficient (Wildman–Crippen LogP) is 3.72. The minimum Gasteiger partial charge on any atom is -0.458 e. The van der Waals surface area contributed by atoms with E-state index in [0.29, 0.717) is 0 Å². The number of hydrogen-bond acceptors (Lipinski definition) is 3. The van der Waals surface area contributed by atoms with Crippen molar-refractivity contribution in [1.82, 2.24) is 5.32 Å². The minimum absolute atomic E-state index is 0.707. The third-order valence-corrected chi connectivity index (χ3v) is 3.12. The first-order valence-electron chi connectivity index (χ1n) is 7.74. The molecule has 4 nitrogen and oxygen atoms in total. The first-order chi connectivity index (χ1) is 11.4. The molecule has 0 heterocycles. The van der Waals surface area contributed by atoms with Gasteiger partial charge in [0.05, 0.1) is 0 Å². The summed E-state index contributed by atoms with van der Waals surface area (Å²) in [6.07, 6.45) is -1.86. The van der Waals surface area contributed by atoms with E-state index in [-0.39, 0.29) is 0 Å². The van der Waals surface area contributed by atoms with Crippen molar-refractivity contribution in [2.45, 2.75) is 45.5 Å². The molecule has 0 aromatic heterocycles. The largest absolute Gasteiger partial charge is 0.471 e. The second-order valence-corrected chi connectivity index (χ2v) is 6.61. The highest BCUT2D eigenvalue weighted by atomic mass is 19.4. The van der Waals surface area contributed by atoms with Gasteiger partial charge in [-0.15, -0.1) is 0 Å². The zero-order valence-electron chi connectivity index (χ0n) is 14.6. The molecule has 138 valence electrons. The van der Waals surface area contributed by atoms with Gasteiger partial charge in [0.1, 0.15) is 11.6 Å². The summed E-state index contributed by atoms with van der Waals surface area (Å²) in [5.74, 6) is -3.81. The van der Waals surface area contributed by atoms with Crippen LogP contribution in [0.5, 0.6) is 0 Å². The molecule has 0 bridgehead atoms. The molecule has 1 N–H and O–H groups in total. The molecule has 0 aliphatic rings. The van der Waals surface area contributed by atoms with Crippen LogP contribution in [0.4, 0.5) is 13.2 Å². The van der Waals surface area contributed by atoms with Crippen LogP contribution in [-0.4, -0.2) is 29.7 Å². The van der Waals surface area contributed by atoms with E-state index in [2.05, 4.69) is 0 Å². The number of alkyl halides is 3. The maximum Gasteiger partial charge on any atom is 0.471 e. The van der Waals surface area contributed by atoms with Crippen molar-refractivity contribution in [2.24, 2.45) is 5.92 Å². The van der Waals surface area contributed by atoms with Crippen molar-refractivity contribution < 1.29 is 27.5 Å². The molecule has 1 amide bonds. The Morgan fingerprint density at radius 3 is 2.16 bits per heavy atom. The van der Waals surface area contributed by atoms with Crippen molar-refractivity contribution >= 4 is 18.0 Å². The van der Waals surface area contributed by atoms with E-state index >= 15 is 0 Å². The van der Waals surface area contributed by atoms with Gasteiger partial charge in [0.2, 0.25) is 0 Å². The van der Waals surface area contributed by atoms with E-state index in [1.165, 1.54) is 6.92 Å². The van der Waals surface area contributed by atoms with Gasteiger partial charge in [0.15, 0.2) is 0 Å².